The third-order valence-corrected chi connectivity index (χ3v) is 6.08. The van der Waals surface area contributed by atoms with Crippen LogP contribution in [0.1, 0.15) is 31.2 Å². The standard InChI is InChI=1S/C20H31ClN4O/c1-22-19(24(2)15-17-7-3-4-8-18(17)21)23-16-20(9-13-26-14-10-20)25-11-5-6-12-25/h3-4,7-8H,5-6,9-16H2,1-2H3,(H,22,23). The molecule has 0 saturated carbocycles. The summed E-state index contributed by atoms with van der Waals surface area (Å²) in [5.41, 5.74) is 1.30. The van der Waals surface area contributed by atoms with Crippen LogP contribution in [0.2, 0.25) is 5.02 Å². The van der Waals surface area contributed by atoms with Crippen LogP contribution in [-0.4, -0.2) is 68.2 Å². The first kappa shape index (κ1) is 19.5. The number of halogens is 1. The van der Waals surface area contributed by atoms with E-state index in [0.717, 1.165) is 55.7 Å². The highest BCUT2D eigenvalue weighted by Gasteiger charge is 2.39. The molecule has 0 amide bonds. The monoisotopic (exact) mass is 378 g/mol. The minimum atomic E-state index is 0.190. The molecule has 0 radical (unpaired) electrons. The summed E-state index contributed by atoms with van der Waals surface area (Å²) in [6.07, 6.45) is 4.80. The number of aliphatic imine (C=N–C) groups is 1. The fourth-order valence-corrected chi connectivity index (χ4v) is 4.33. The van der Waals surface area contributed by atoms with Crippen LogP contribution >= 0.6 is 11.6 Å². The lowest BCUT2D eigenvalue weighted by atomic mass is 9.88. The second kappa shape index (κ2) is 9.07. The maximum absolute atomic E-state index is 6.32. The molecule has 1 aromatic rings. The first-order valence-corrected chi connectivity index (χ1v) is 10.0. The summed E-state index contributed by atoms with van der Waals surface area (Å²) in [5, 5.41) is 4.43. The van der Waals surface area contributed by atoms with Crippen LogP contribution in [-0.2, 0) is 11.3 Å². The number of nitrogens with one attached hydrogen (secondary N) is 1. The average molecular weight is 379 g/mol. The van der Waals surface area contributed by atoms with E-state index in [9.17, 15) is 0 Å². The molecular formula is C20H31ClN4O. The number of nitrogens with zero attached hydrogens (tertiary/aromatic N) is 3. The Hall–Kier alpha value is -1.30. The van der Waals surface area contributed by atoms with Crippen LogP contribution in [0.4, 0.5) is 0 Å². The van der Waals surface area contributed by atoms with Crippen LogP contribution in [0, 0.1) is 0 Å². The van der Waals surface area contributed by atoms with Gasteiger partial charge in [-0.3, -0.25) is 9.89 Å². The van der Waals surface area contributed by atoms with Crippen molar-refractivity contribution < 1.29 is 4.74 Å². The van der Waals surface area contributed by atoms with E-state index in [1.165, 1.54) is 25.9 Å². The third kappa shape index (κ3) is 4.51. The van der Waals surface area contributed by atoms with Crippen molar-refractivity contribution in [2.75, 3.05) is 46.9 Å². The van der Waals surface area contributed by atoms with E-state index in [4.69, 9.17) is 16.3 Å². The average Bonchev–Trinajstić information content (AvgIpc) is 3.20. The van der Waals surface area contributed by atoms with Crippen molar-refractivity contribution in [1.29, 1.82) is 0 Å². The van der Waals surface area contributed by atoms with Gasteiger partial charge in [-0.1, -0.05) is 29.8 Å². The smallest absolute Gasteiger partial charge is 0.193 e. The molecule has 2 fully saturated rings. The van der Waals surface area contributed by atoms with Gasteiger partial charge in [0.15, 0.2) is 5.96 Å². The van der Waals surface area contributed by atoms with E-state index in [0.29, 0.717) is 0 Å². The Bertz CT molecular complexity index is 610. The molecule has 144 valence electrons. The number of guanidine groups is 1. The molecule has 0 atom stereocenters. The van der Waals surface area contributed by atoms with Crippen molar-refractivity contribution >= 4 is 17.6 Å². The van der Waals surface area contributed by atoms with Crippen molar-refractivity contribution in [2.45, 2.75) is 37.8 Å². The molecule has 0 unspecified atom stereocenters. The molecule has 6 heteroatoms. The normalized spacial score (nSPS) is 21.0. The molecule has 2 saturated heterocycles. The molecule has 0 spiro atoms. The Morgan fingerprint density at radius 3 is 2.62 bits per heavy atom. The minimum absolute atomic E-state index is 0.190. The predicted octanol–water partition coefficient (Wildman–Crippen LogP) is 2.99. The van der Waals surface area contributed by atoms with Gasteiger partial charge in [-0.2, -0.15) is 0 Å². The van der Waals surface area contributed by atoms with Crippen LogP contribution in [0.25, 0.3) is 0 Å². The van der Waals surface area contributed by atoms with Crippen LogP contribution in [0.3, 0.4) is 0 Å². The Kier molecular flexibility index (Phi) is 6.79. The Labute approximate surface area is 162 Å². The van der Waals surface area contributed by atoms with Gasteiger partial charge in [0.1, 0.15) is 0 Å². The molecule has 3 rings (SSSR count). The summed E-state index contributed by atoms with van der Waals surface area (Å²) < 4.78 is 5.65. The highest BCUT2D eigenvalue weighted by molar-refractivity contribution is 6.31. The Balaban J connectivity index is 1.64. The molecule has 26 heavy (non-hydrogen) atoms. The highest BCUT2D eigenvalue weighted by Crippen LogP contribution is 2.30. The van der Waals surface area contributed by atoms with Gasteiger partial charge < -0.3 is 15.0 Å². The van der Waals surface area contributed by atoms with Crippen LogP contribution in [0.5, 0.6) is 0 Å². The molecule has 2 aliphatic heterocycles. The molecule has 0 bridgehead atoms. The molecule has 1 aromatic carbocycles. The van der Waals surface area contributed by atoms with Crippen LogP contribution in [0.15, 0.2) is 29.3 Å². The number of likely N-dealkylation sites (tertiary alicyclic amines) is 1. The van der Waals surface area contributed by atoms with Gasteiger partial charge in [0, 0.05) is 51.0 Å². The lowest BCUT2D eigenvalue weighted by Crippen LogP contribution is -2.58. The van der Waals surface area contributed by atoms with Gasteiger partial charge in [-0.15, -0.1) is 0 Å². The number of hydrogen-bond acceptors (Lipinski definition) is 3. The van der Waals surface area contributed by atoms with Crippen LogP contribution < -0.4 is 5.32 Å². The molecule has 1 N–H and O–H groups in total. The van der Waals surface area contributed by atoms with Gasteiger partial charge in [-0.05, 0) is 50.4 Å². The number of rotatable bonds is 5. The summed E-state index contributed by atoms with van der Waals surface area (Å²) >= 11 is 6.32. The number of ether oxygens (including phenoxy) is 1. The van der Waals surface area contributed by atoms with Gasteiger partial charge in [0.05, 0.1) is 0 Å². The van der Waals surface area contributed by atoms with E-state index in [1.54, 1.807) is 0 Å². The van der Waals surface area contributed by atoms with E-state index < -0.39 is 0 Å². The maximum atomic E-state index is 6.32. The lowest BCUT2D eigenvalue weighted by Gasteiger charge is -2.45. The predicted molar refractivity (Wildman–Crippen MR) is 108 cm³/mol. The van der Waals surface area contributed by atoms with Crippen molar-refractivity contribution in [1.82, 2.24) is 15.1 Å². The molecule has 0 aromatic heterocycles. The Morgan fingerprint density at radius 1 is 1.27 bits per heavy atom. The summed E-state index contributed by atoms with van der Waals surface area (Å²) in [5.74, 6) is 0.912. The third-order valence-electron chi connectivity index (χ3n) is 5.71. The zero-order valence-electron chi connectivity index (χ0n) is 16.0. The van der Waals surface area contributed by atoms with Crippen molar-refractivity contribution in [3.8, 4) is 0 Å². The summed E-state index contributed by atoms with van der Waals surface area (Å²) in [7, 11) is 3.91. The molecule has 0 aliphatic carbocycles. The summed E-state index contributed by atoms with van der Waals surface area (Å²) in [4.78, 5) is 9.30. The van der Waals surface area contributed by atoms with Gasteiger partial charge in [0.25, 0.3) is 0 Å². The largest absolute Gasteiger partial charge is 0.381 e. The quantitative estimate of drug-likeness (QED) is 0.631. The zero-order valence-corrected chi connectivity index (χ0v) is 16.8. The van der Waals surface area contributed by atoms with E-state index in [1.807, 2.05) is 25.2 Å². The van der Waals surface area contributed by atoms with Crippen molar-refractivity contribution in [3.63, 3.8) is 0 Å². The second-order valence-electron chi connectivity index (χ2n) is 7.38. The zero-order chi connectivity index (χ0) is 18.4. The SMILES string of the molecule is CN=C(NCC1(N2CCCC2)CCOCC1)N(C)Cc1ccccc1Cl. The number of benzene rings is 1. The fourth-order valence-electron chi connectivity index (χ4n) is 4.13. The van der Waals surface area contributed by atoms with E-state index >= 15 is 0 Å². The molecule has 5 nitrogen and oxygen atoms in total. The second-order valence-corrected chi connectivity index (χ2v) is 7.79. The molecule has 2 heterocycles. The van der Waals surface area contributed by atoms with Crippen molar-refractivity contribution in [3.05, 3.63) is 34.9 Å². The minimum Gasteiger partial charge on any atom is -0.381 e. The number of hydrogen-bond donors (Lipinski definition) is 1. The van der Waals surface area contributed by atoms with Gasteiger partial charge in [0.2, 0.25) is 0 Å². The fraction of sp³-hybridized carbons (Fsp3) is 0.650. The Morgan fingerprint density at radius 2 is 1.96 bits per heavy atom. The van der Waals surface area contributed by atoms with E-state index in [2.05, 4.69) is 33.2 Å². The topological polar surface area (TPSA) is 40.1 Å². The summed E-state index contributed by atoms with van der Waals surface area (Å²) in [6, 6.07) is 7.99. The summed E-state index contributed by atoms with van der Waals surface area (Å²) in [6.45, 7) is 5.76. The van der Waals surface area contributed by atoms with Gasteiger partial charge >= 0.3 is 0 Å². The molecular weight excluding hydrogens is 348 g/mol. The maximum Gasteiger partial charge on any atom is 0.193 e. The molecule has 2 aliphatic rings. The van der Waals surface area contributed by atoms with E-state index in [-0.39, 0.29) is 5.54 Å². The van der Waals surface area contributed by atoms with Crippen molar-refractivity contribution in [2.24, 2.45) is 4.99 Å². The highest BCUT2D eigenvalue weighted by atomic mass is 35.5. The first-order valence-electron chi connectivity index (χ1n) is 9.63. The van der Waals surface area contributed by atoms with Gasteiger partial charge in [-0.25, -0.2) is 0 Å². The lowest BCUT2D eigenvalue weighted by molar-refractivity contribution is -0.0166. The first-order chi connectivity index (χ1) is 12.6.